The van der Waals surface area contributed by atoms with Crippen molar-refractivity contribution in [2.24, 2.45) is 10.4 Å². The van der Waals surface area contributed by atoms with Gasteiger partial charge in [0.15, 0.2) is 5.96 Å². The highest BCUT2D eigenvalue weighted by molar-refractivity contribution is 7.07. The van der Waals surface area contributed by atoms with Crippen molar-refractivity contribution in [3.63, 3.8) is 0 Å². The van der Waals surface area contributed by atoms with Gasteiger partial charge in [-0.3, -0.25) is 4.99 Å². The second-order valence-electron chi connectivity index (χ2n) is 6.98. The summed E-state index contributed by atoms with van der Waals surface area (Å²) < 4.78 is 5.32. The lowest BCUT2D eigenvalue weighted by Gasteiger charge is -2.27. The van der Waals surface area contributed by atoms with Crippen molar-refractivity contribution in [2.75, 3.05) is 33.4 Å². The summed E-state index contributed by atoms with van der Waals surface area (Å²) in [5.74, 6) is 1.44. The number of nitrogens with one attached hydrogen (secondary N) is 2. The molecule has 1 aliphatic rings. The van der Waals surface area contributed by atoms with Gasteiger partial charge in [-0.1, -0.05) is 19.8 Å². The molecule has 1 aliphatic carbocycles. The van der Waals surface area contributed by atoms with Gasteiger partial charge in [0.2, 0.25) is 0 Å². The third-order valence-corrected chi connectivity index (χ3v) is 5.81. The Balaban J connectivity index is 1.91. The first kappa shape index (κ1) is 19.3. The molecule has 0 radical (unpaired) electrons. The molecule has 1 heterocycles. The molecule has 2 rings (SSSR count). The molecule has 1 saturated carbocycles. The molecule has 0 aliphatic heterocycles. The minimum absolute atomic E-state index is 0.345. The van der Waals surface area contributed by atoms with E-state index >= 15 is 0 Å². The number of methoxy groups -OCH3 is 1. The number of nitrogens with zero attached hydrogens (tertiary/aromatic N) is 1. The fraction of sp³-hybridized carbons (Fsp3) is 0.737. The number of aliphatic imine (C=N–C) groups is 1. The van der Waals surface area contributed by atoms with Crippen LogP contribution in [0.2, 0.25) is 0 Å². The third kappa shape index (κ3) is 5.78. The van der Waals surface area contributed by atoms with Crippen molar-refractivity contribution >= 4 is 17.3 Å². The van der Waals surface area contributed by atoms with E-state index in [1.807, 2.05) is 0 Å². The first-order chi connectivity index (χ1) is 11.7. The number of rotatable bonds is 9. The van der Waals surface area contributed by atoms with Crippen molar-refractivity contribution < 1.29 is 4.74 Å². The SMILES string of the molecule is CCNC(=NCC1(CCOC)CCCC1)NCC(C)c1ccsc1. The first-order valence-corrected chi connectivity index (χ1v) is 10.2. The molecule has 4 nitrogen and oxygen atoms in total. The quantitative estimate of drug-likeness (QED) is 0.522. The van der Waals surface area contributed by atoms with Crippen LogP contribution in [0.4, 0.5) is 0 Å². The fourth-order valence-electron chi connectivity index (χ4n) is 3.44. The van der Waals surface area contributed by atoms with Gasteiger partial charge in [-0.2, -0.15) is 11.3 Å². The Labute approximate surface area is 151 Å². The van der Waals surface area contributed by atoms with E-state index < -0.39 is 0 Å². The van der Waals surface area contributed by atoms with Gasteiger partial charge in [0.05, 0.1) is 0 Å². The normalized spacial score (nSPS) is 18.5. The Morgan fingerprint density at radius 1 is 1.38 bits per heavy atom. The van der Waals surface area contributed by atoms with E-state index in [2.05, 4.69) is 41.3 Å². The van der Waals surface area contributed by atoms with Crippen LogP contribution in [0.5, 0.6) is 0 Å². The molecule has 5 heteroatoms. The molecule has 136 valence electrons. The zero-order valence-electron chi connectivity index (χ0n) is 15.4. The molecule has 1 aromatic rings. The van der Waals surface area contributed by atoms with E-state index in [0.717, 1.165) is 38.6 Å². The van der Waals surface area contributed by atoms with Gasteiger partial charge >= 0.3 is 0 Å². The van der Waals surface area contributed by atoms with Crippen LogP contribution in [0, 0.1) is 5.41 Å². The Kier molecular flexibility index (Phi) is 8.06. The summed E-state index contributed by atoms with van der Waals surface area (Å²) in [4.78, 5) is 4.92. The molecule has 0 saturated heterocycles. The second-order valence-corrected chi connectivity index (χ2v) is 7.76. The minimum Gasteiger partial charge on any atom is -0.385 e. The van der Waals surface area contributed by atoms with Gasteiger partial charge in [0, 0.05) is 33.4 Å². The summed E-state index contributed by atoms with van der Waals surface area (Å²) in [6, 6.07) is 2.21. The van der Waals surface area contributed by atoms with E-state index in [0.29, 0.717) is 11.3 Å². The van der Waals surface area contributed by atoms with Crippen molar-refractivity contribution in [1.82, 2.24) is 10.6 Å². The van der Waals surface area contributed by atoms with E-state index in [1.165, 1.54) is 31.2 Å². The molecule has 0 bridgehead atoms. The predicted molar refractivity (Wildman–Crippen MR) is 104 cm³/mol. The predicted octanol–water partition coefficient (Wildman–Crippen LogP) is 4.00. The summed E-state index contributed by atoms with van der Waals surface area (Å²) in [6.07, 6.45) is 6.35. The molecule has 1 fully saturated rings. The standard InChI is InChI=1S/C19H33N3OS/c1-4-20-18(21-13-16(2)17-7-12-24-14-17)22-15-19(10-11-23-3)8-5-6-9-19/h7,12,14,16H,4-6,8-11,13,15H2,1-3H3,(H2,20,21,22). The molecule has 1 unspecified atom stereocenters. The maximum atomic E-state index is 5.32. The van der Waals surface area contributed by atoms with Crippen LogP contribution in [0.15, 0.2) is 21.8 Å². The smallest absolute Gasteiger partial charge is 0.191 e. The van der Waals surface area contributed by atoms with Crippen LogP contribution in [-0.2, 0) is 4.74 Å². The van der Waals surface area contributed by atoms with E-state index in [-0.39, 0.29) is 0 Å². The van der Waals surface area contributed by atoms with Crippen LogP contribution in [0.25, 0.3) is 0 Å². The topological polar surface area (TPSA) is 45.7 Å². The number of ether oxygens (including phenoxy) is 1. The lowest BCUT2D eigenvalue weighted by Crippen LogP contribution is -2.40. The first-order valence-electron chi connectivity index (χ1n) is 9.22. The Bertz CT molecular complexity index is 481. The van der Waals surface area contributed by atoms with E-state index in [4.69, 9.17) is 9.73 Å². The molecule has 0 amide bonds. The number of hydrogen-bond acceptors (Lipinski definition) is 3. The molecule has 1 atom stereocenters. The van der Waals surface area contributed by atoms with Gasteiger partial charge in [-0.25, -0.2) is 0 Å². The van der Waals surface area contributed by atoms with E-state index in [9.17, 15) is 0 Å². The summed E-state index contributed by atoms with van der Waals surface area (Å²) in [6.45, 7) is 7.93. The van der Waals surface area contributed by atoms with Crippen molar-refractivity contribution in [3.05, 3.63) is 22.4 Å². The molecular formula is C19H33N3OS. The largest absolute Gasteiger partial charge is 0.385 e. The third-order valence-electron chi connectivity index (χ3n) is 5.11. The van der Waals surface area contributed by atoms with Crippen molar-refractivity contribution in [3.8, 4) is 0 Å². The van der Waals surface area contributed by atoms with Gasteiger partial charge in [-0.05, 0) is 59.9 Å². The van der Waals surface area contributed by atoms with Crippen LogP contribution >= 0.6 is 11.3 Å². The summed E-state index contributed by atoms with van der Waals surface area (Å²) in [5.41, 5.74) is 1.74. The zero-order valence-corrected chi connectivity index (χ0v) is 16.3. The molecule has 1 aromatic heterocycles. The van der Waals surface area contributed by atoms with Crippen LogP contribution in [0.3, 0.4) is 0 Å². The highest BCUT2D eigenvalue weighted by Crippen LogP contribution is 2.41. The molecule has 24 heavy (non-hydrogen) atoms. The lowest BCUT2D eigenvalue weighted by molar-refractivity contribution is 0.141. The Morgan fingerprint density at radius 3 is 2.79 bits per heavy atom. The summed E-state index contributed by atoms with van der Waals surface area (Å²) >= 11 is 1.76. The maximum absolute atomic E-state index is 5.32. The van der Waals surface area contributed by atoms with Crippen LogP contribution < -0.4 is 10.6 Å². The summed E-state index contributed by atoms with van der Waals surface area (Å²) in [7, 11) is 1.80. The average Bonchev–Trinajstić information content (AvgIpc) is 3.27. The second kappa shape index (κ2) is 10.0. The van der Waals surface area contributed by atoms with Gasteiger partial charge in [0.1, 0.15) is 0 Å². The highest BCUT2D eigenvalue weighted by Gasteiger charge is 2.33. The van der Waals surface area contributed by atoms with Crippen molar-refractivity contribution in [1.29, 1.82) is 0 Å². The molecule has 0 aromatic carbocycles. The van der Waals surface area contributed by atoms with Crippen LogP contribution in [-0.4, -0.2) is 39.3 Å². The summed E-state index contributed by atoms with van der Waals surface area (Å²) in [5, 5.41) is 11.3. The molecule has 0 spiro atoms. The molecule has 2 N–H and O–H groups in total. The monoisotopic (exact) mass is 351 g/mol. The average molecular weight is 352 g/mol. The highest BCUT2D eigenvalue weighted by atomic mass is 32.1. The maximum Gasteiger partial charge on any atom is 0.191 e. The number of guanidine groups is 1. The number of hydrogen-bond donors (Lipinski definition) is 2. The fourth-order valence-corrected chi connectivity index (χ4v) is 4.22. The minimum atomic E-state index is 0.345. The van der Waals surface area contributed by atoms with Gasteiger partial charge in [0.25, 0.3) is 0 Å². The molecular weight excluding hydrogens is 318 g/mol. The Morgan fingerprint density at radius 2 is 2.17 bits per heavy atom. The van der Waals surface area contributed by atoms with Crippen LogP contribution in [0.1, 0.15) is 57.4 Å². The zero-order chi connectivity index (χ0) is 17.3. The van der Waals surface area contributed by atoms with Crippen molar-refractivity contribution in [2.45, 2.75) is 51.9 Å². The lowest BCUT2D eigenvalue weighted by atomic mass is 9.83. The Hall–Kier alpha value is -1.07. The van der Waals surface area contributed by atoms with Gasteiger partial charge in [-0.15, -0.1) is 0 Å². The number of thiophene rings is 1. The van der Waals surface area contributed by atoms with Gasteiger partial charge < -0.3 is 15.4 Å². The van der Waals surface area contributed by atoms with E-state index in [1.54, 1.807) is 18.4 Å².